The van der Waals surface area contributed by atoms with Crippen molar-refractivity contribution in [3.8, 4) is 11.3 Å². The number of fused-ring (bicyclic) bond motifs is 1. The van der Waals surface area contributed by atoms with E-state index in [-0.39, 0.29) is 17.6 Å². The Hall–Kier alpha value is -4.46. The van der Waals surface area contributed by atoms with Crippen LogP contribution >= 0.6 is 0 Å². The van der Waals surface area contributed by atoms with E-state index in [1.807, 2.05) is 36.4 Å². The summed E-state index contributed by atoms with van der Waals surface area (Å²) >= 11 is 0. The van der Waals surface area contributed by atoms with Crippen LogP contribution in [0, 0.1) is 5.82 Å². The molecule has 0 saturated heterocycles. The maximum atomic E-state index is 13.3. The lowest BCUT2D eigenvalue weighted by molar-refractivity contribution is -0.117. The van der Waals surface area contributed by atoms with Gasteiger partial charge in [-0.05, 0) is 48.9 Å². The third-order valence-corrected chi connectivity index (χ3v) is 6.44. The number of likely N-dealkylation sites (N-methyl/N-ethyl adjacent to an activating group) is 1. The second-order valence-electron chi connectivity index (χ2n) is 8.89. The van der Waals surface area contributed by atoms with Crippen LogP contribution < -0.4 is 10.6 Å². The zero-order valence-corrected chi connectivity index (χ0v) is 20.0. The van der Waals surface area contributed by atoms with E-state index in [1.54, 1.807) is 43.3 Å². The molecule has 4 aromatic rings. The highest BCUT2D eigenvalue weighted by Crippen LogP contribution is 2.38. The Kier molecular flexibility index (Phi) is 6.25. The number of carbonyl (C=O) groups is 2. The predicted molar refractivity (Wildman–Crippen MR) is 138 cm³/mol. The molecular weight excluding hydrogens is 457 g/mol. The number of hydrogen-bond donors (Lipinski definition) is 3. The van der Waals surface area contributed by atoms with Crippen molar-refractivity contribution in [2.24, 2.45) is 0 Å². The Bertz CT molecular complexity index is 1420. The molecule has 0 aliphatic carbocycles. The van der Waals surface area contributed by atoms with Crippen LogP contribution in [0.3, 0.4) is 0 Å². The van der Waals surface area contributed by atoms with E-state index in [9.17, 15) is 14.0 Å². The molecule has 1 aliphatic heterocycles. The lowest BCUT2D eigenvalue weighted by Gasteiger charge is -2.23. The lowest BCUT2D eigenvalue weighted by Crippen LogP contribution is -2.34. The fourth-order valence-corrected chi connectivity index (χ4v) is 4.35. The van der Waals surface area contributed by atoms with Gasteiger partial charge in [0.1, 0.15) is 11.6 Å². The Morgan fingerprint density at radius 2 is 1.86 bits per heavy atom. The quantitative estimate of drug-likeness (QED) is 0.346. The number of nitrogens with zero attached hydrogens (tertiary/aromatic N) is 2. The van der Waals surface area contributed by atoms with Gasteiger partial charge in [-0.25, -0.2) is 9.37 Å². The average molecular weight is 484 g/mol. The SMILES string of the molecule is C[C@@H](C(=O)Nc1cc(-c2[nH]c3c(c2Nc2ccccc2)C(=O)N(C)CC3)ccn1)c1ccc(F)cc1. The first-order chi connectivity index (χ1) is 17.4. The van der Waals surface area contributed by atoms with E-state index in [1.165, 1.54) is 12.1 Å². The van der Waals surface area contributed by atoms with Gasteiger partial charge >= 0.3 is 0 Å². The zero-order chi connectivity index (χ0) is 25.2. The number of nitrogens with one attached hydrogen (secondary N) is 3. The topological polar surface area (TPSA) is 90.1 Å². The second kappa shape index (κ2) is 9.65. The van der Waals surface area contributed by atoms with Crippen LogP contribution in [0.15, 0.2) is 72.9 Å². The minimum Gasteiger partial charge on any atom is -0.356 e. The third kappa shape index (κ3) is 4.57. The van der Waals surface area contributed by atoms with Gasteiger partial charge in [-0.15, -0.1) is 0 Å². The first kappa shape index (κ1) is 23.3. The van der Waals surface area contributed by atoms with Crippen molar-refractivity contribution in [3.63, 3.8) is 0 Å². The number of H-pyrrole nitrogens is 1. The van der Waals surface area contributed by atoms with Gasteiger partial charge in [0.2, 0.25) is 5.91 Å². The van der Waals surface area contributed by atoms with Gasteiger partial charge in [-0.3, -0.25) is 9.59 Å². The molecule has 3 N–H and O–H groups in total. The summed E-state index contributed by atoms with van der Waals surface area (Å²) in [5, 5.41) is 6.28. The first-order valence-electron chi connectivity index (χ1n) is 11.8. The van der Waals surface area contributed by atoms with Crippen LogP contribution in [0.1, 0.15) is 34.5 Å². The van der Waals surface area contributed by atoms with Crippen LogP contribution in [-0.2, 0) is 11.2 Å². The molecule has 36 heavy (non-hydrogen) atoms. The molecule has 2 aromatic carbocycles. The van der Waals surface area contributed by atoms with Crippen LogP contribution in [0.2, 0.25) is 0 Å². The van der Waals surface area contributed by atoms with Gasteiger partial charge < -0.3 is 20.5 Å². The number of hydrogen-bond acceptors (Lipinski definition) is 4. The molecule has 0 fully saturated rings. The van der Waals surface area contributed by atoms with Crippen LogP contribution in [0.25, 0.3) is 11.3 Å². The molecule has 182 valence electrons. The Morgan fingerprint density at radius 3 is 2.61 bits per heavy atom. The molecule has 2 aromatic heterocycles. The molecule has 0 bridgehead atoms. The summed E-state index contributed by atoms with van der Waals surface area (Å²) in [5.41, 5.74) is 5.27. The number of anilines is 3. The summed E-state index contributed by atoms with van der Waals surface area (Å²) in [7, 11) is 1.80. The van der Waals surface area contributed by atoms with Gasteiger partial charge in [0.25, 0.3) is 5.91 Å². The highest BCUT2D eigenvalue weighted by Gasteiger charge is 2.30. The number of aromatic nitrogens is 2. The fourth-order valence-electron chi connectivity index (χ4n) is 4.35. The molecule has 1 aliphatic rings. The number of pyridine rings is 1. The summed E-state index contributed by atoms with van der Waals surface area (Å²) in [5.74, 6) is -0.756. The fraction of sp³-hybridized carbons (Fsp3) is 0.179. The molecule has 8 heteroatoms. The second-order valence-corrected chi connectivity index (χ2v) is 8.89. The van der Waals surface area contributed by atoms with Gasteiger partial charge in [0.15, 0.2) is 0 Å². The number of aromatic amines is 1. The van der Waals surface area contributed by atoms with E-state index in [0.29, 0.717) is 35.6 Å². The molecule has 3 heterocycles. The van der Waals surface area contributed by atoms with Crippen molar-refractivity contribution < 1.29 is 14.0 Å². The maximum Gasteiger partial charge on any atom is 0.257 e. The summed E-state index contributed by atoms with van der Waals surface area (Å²) < 4.78 is 13.3. The van der Waals surface area contributed by atoms with Crippen molar-refractivity contribution in [3.05, 3.63) is 95.6 Å². The predicted octanol–water partition coefficient (Wildman–Crippen LogP) is 5.33. The molecule has 0 spiro atoms. The number of para-hydroxylation sites is 1. The summed E-state index contributed by atoms with van der Waals surface area (Å²) in [4.78, 5) is 35.4. The van der Waals surface area contributed by atoms with Crippen molar-refractivity contribution in [2.75, 3.05) is 24.2 Å². The van der Waals surface area contributed by atoms with Crippen molar-refractivity contribution in [1.29, 1.82) is 0 Å². The molecule has 7 nitrogen and oxygen atoms in total. The Labute approximate surface area is 208 Å². The number of benzene rings is 2. The highest BCUT2D eigenvalue weighted by molar-refractivity contribution is 6.06. The van der Waals surface area contributed by atoms with E-state index < -0.39 is 5.92 Å². The first-order valence-corrected chi connectivity index (χ1v) is 11.8. The zero-order valence-electron chi connectivity index (χ0n) is 20.0. The molecule has 0 radical (unpaired) electrons. The monoisotopic (exact) mass is 483 g/mol. The summed E-state index contributed by atoms with van der Waals surface area (Å²) in [6, 6.07) is 19.2. The van der Waals surface area contributed by atoms with Crippen molar-refractivity contribution >= 4 is 29.0 Å². The maximum absolute atomic E-state index is 13.3. The number of carbonyl (C=O) groups excluding carboxylic acids is 2. The van der Waals surface area contributed by atoms with Gasteiger partial charge in [-0.1, -0.05) is 30.3 Å². The Morgan fingerprint density at radius 1 is 1.11 bits per heavy atom. The lowest BCUT2D eigenvalue weighted by atomic mass is 10.0. The molecule has 0 saturated carbocycles. The van der Waals surface area contributed by atoms with Crippen LogP contribution in [-0.4, -0.2) is 40.3 Å². The number of rotatable bonds is 6. The number of amides is 2. The van der Waals surface area contributed by atoms with E-state index >= 15 is 0 Å². The minimum absolute atomic E-state index is 0.0483. The largest absolute Gasteiger partial charge is 0.356 e. The smallest absolute Gasteiger partial charge is 0.257 e. The molecule has 2 amide bonds. The molecule has 1 atom stereocenters. The Balaban J connectivity index is 1.48. The minimum atomic E-state index is -0.489. The molecule has 0 unspecified atom stereocenters. The summed E-state index contributed by atoms with van der Waals surface area (Å²) in [6.45, 7) is 2.39. The number of halogens is 1. The molecular formula is C28H26FN5O2. The highest BCUT2D eigenvalue weighted by atomic mass is 19.1. The molecule has 5 rings (SSSR count). The van der Waals surface area contributed by atoms with E-state index in [4.69, 9.17) is 0 Å². The van der Waals surface area contributed by atoms with Gasteiger partial charge in [-0.2, -0.15) is 0 Å². The van der Waals surface area contributed by atoms with E-state index in [2.05, 4.69) is 20.6 Å². The summed E-state index contributed by atoms with van der Waals surface area (Å²) in [6.07, 6.45) is 2.33. The average Bonchev–Trinajstić information content (AvgIpc) is 3.26. The van der Waals surface area contributed by atoms with Gasteiger partial charge in [0.05, 0.1) is 22.9 Å². The van der Waals surface area contributed by atoms with Crippen LogP contribution in [0.5, 0.6) is 0 Å². The van der Waals surface area contributed by atoms with Crippen LogP contribution in [0.4, 0.5) is 21.6 Å². The third-order valence-electron chi connectivity index (χ3n) is 6.44. The van der Waals surface area contributed by atoms with E-state index in [0.717, 1.165) is 22.6 Å². The van der Waals surface area contributed by atoms with Crippen molar-refractivity contribution in [2.45, 2.75) is 19.3 Å². The normalized spacial score (nSPS) is 13.8. The van der Waals surface area contributed by atoms with Crippen molar-refractivity contribution in [1.82, 2.24) is 14.9 Å². The van der Waals surface area contributed by atoms with Gasteiger partial charge in [0, 0.05) is 43.2 Å². The standard InChI is InChI=1S/C28H26FN5O2/c1-17(18-8-10-20(29)11-9-18)27(35)33-23-16-19(12-14-30-23)25-26(31-21-6-4-3-5-7-21)24-22(32-25)13-15-34(2)28(24)36/h3-12,14,16-17,31-32H,13,15H2,1-2H3,(H,30,33,35)/t17-/m1/s1.